The number of nitrogens with zero attached hydrogens (tertiary/aromatic N) is 1. The van der Waals surface area contributed by atoms with Crippen LogP contribution >= 0.6 is 0 Å². The molecule has 0 aromatic heterocycles. The molecule has 2 saturated heterocycles. The Balaban J connectivity index is 2.07. The Kier molecular flexibility index (Phi) is 5.70. The van der Waals surface area contributed by atoms with E-state index in [9.17, 15) is 4.79 Å². The Labute approximate surface area is 161 Å². The molecule has 146 valence electrons. The predicted octanol–water partition coefficient (Wildman–Crippen LogP) is 5.11. The molecule has 0 saturated carbocycles. The molecule has 27 heavy (non-hydrogen) atoms. The van der Waals surface area contributed by atoms with Crippen molar-refractivity contribution < 1.29 is 14.3 Å². The van der Waals surface area contributed by atoms with Crippen molar-refractivity contribution in [2.75, 3.05) is 11.5 Å². The Morgan fingerprint density at radius 1 is 1.19 bits per heavy atom. The van der Waals surface area contributed by atoms with Gasteiger partial charge in [-0.15, -0.1) is 0 Å². The molecule has 1 aromatic rings. The van der Waals surface area contributed by atoms with Gasteiger partial charge in [-0.2, -0.15) is 0 Å². The SMILES string of the molecule is C=C1CC(=N)N(c2c(C(C)C)cc(OC3CCCCO3)cc2C(C)C)C1=O. The van der Waals surface area contributed by atoms with E-state index in [0.29, 0.717) is 12.0 Å². The normalized spacial score (nSPS) is 20.9. The number of carbonyl (C=O) groups excluding carboxylic acids is 1. The first-order valence-electron chi connectivity index (χ1n) is 9.85. The van der Waals surface area contributed by atoms with E-state index in [4.69, 9.17) is 14.9 Å². The summed E-state index contributed by atoms with van der Waals surface area (Å²) in [5, 5.41) is 8.33. The molecule has 1 amide bonds. The molecule has 0 bridgehead atoms. The van der Waals surface area contributed by atoms with E-state index in [1.165, 1.54) is 4.90 Å². The predicted molar refractivity (Wildman–Crippen MR) is 108 cm³/mol. The summed E-state index contributed by atoms with van der Waals surface area (Å²) in [4.78, 5) is 14.2. The summed E-state index contributed by atoms with van der Waals surface area (Å²) in [5.74, 6) is 1.26. The average molecular weight is 370 g/mol. The lowest BCUT2D eigenvalue weighted by Crippen LogP contribution is -2.31. The fourth-order valence-electron chi connectivity index (χ4n) is 3.69. The molecule has 2 heterocycles. The second-order valence-electron chi connectivity index (χ2n) is 8.04. The third-order valence-corrected chi connectivity index (χ3v) is 5.17. The van der Waals surface area contributed by atoms with Gasteiger partial charge in [0.15, 0.2) is 6.29 Å². The molecule has 0 radical (unpaired) electrons. The maximum Gasteiger partial charge on any atom is 0.259 e. The highest BCUT2D eigenvalue weighted by Gasteiger charge is 2.35. The van der Waals surface area contributed by atoms with E-state index in [-0.39, 0.29) is 29.9 Å². The first kappa shape index (κ1) is 19.6. The van der Waals surface area contributed by atoms with Gasteiger partial charge in [-0.3, -0.25) is 15.1 Å². The quantitative estimate of drug-likeness (QED) is 0.733. The minimum absolute atomic E-state index is 0.173. The molecule has 5 nitrogen and oxygen atoms in total. The lowest BCUT2D eigenvalue weighted by atomic mass is 9.91. The number of amidine groups is 1. The van der Waals surface area contributed by atoms with Crippen molar-refractivity contribution in [1.29, 1.82) is 5.41 Å². The van der Waals surface area contributed by atoms with Gasteiger partial charge in [-0.1, -0.05) is 34.3 Å². The number of anilines is 1. The highest BCUT2D eigenvalue weighted by molar-refractivity contribution is 6.29. The molecular formula is C22H30N2O3. The maximum absolute atomic E-state index is 12.7. The van der Waals surface area contributed by atoms with Gasteiger partial charge in [0, 0.05) is 18.4 Å². The van der Waals surface area contributed by atoms with Gasteiger partial charge in [-0.05, 0) is 47.9 Å². The first-order chi connectivity index (χ1) is 12.8. The Hall–Kier alpha value is -2.14. The van der Waals surface area contributed by atoms with E-state index >= 15 is 0 Å². The molecule has 2 aliphatic rings. The second-order valence-corrected chi connectivity index (χ2v) is 8.04. The van der Waals surface area contributed by atoms with Gasteiger partial charge in [0.25, 0.3) is 5.91 Å². The van der Waals surface area contributed by atoms with Gasteiger partial charge in [-0.25, -0.2) is 0 Å². The summed E-state index contributed by atoms with van der Waals surface area (Å²) >= 11 is 0. The zero-order chi connectivity index (χ0) is 19.7. The van der Waals surface area contributed by atoms with Crippen LogP contribution in [0.2, 0.25) is 0 Å². The molecule has 1 atom stereocenters. The Morgan fingerprint density at radius 3 is 2.26 bits per heavy atom. The molecule has 2 aliphatic heterocycles. The van der Waals surface area contributed by atoms with Crippen molar-refractivity contribution in [2.24, 2.45) is 0 Å². The maximum atomic E-state index is 12.7. The Bertz CT molecular complexity index is 732. The minimum Gasteiger partial charge on any atom is -0.465 e. The fourth-order valence-corrected chi connectivity index (χ4v) is 3.69. The number of hydrogen-bond donors (Lipinski definition) is 1. The van der Waals surface area contributed by atoms with Gasteiger partial charge >= 0.3 is 0 Å². The van der Waals surface area contributed by atoms with Gasteiger partial charge in [0.2, 0.25) is 0 Å². The summed E-state index contributed by atoms with van der Waals surface area (Å²) < 4.78 is 11.9. The minimum atomic E-state index is -0.212. The number of rotatable bonds is 5. The molecule has 5 heteroatoms. The highest BCUT2D eigenvalue weighted by Crippen LogP contribution is 2.41. The Morgan fingerprint density at radius 2 is 1.81 bits per heavy atom. The van der Waals surface area contributed by atoms with Crippen LogP contribution in [-0.4, -0.2) is 24.6 Å². The molecule has 3 rings (SSSR count). The molecular weight excluding hydrogens is 340 g/mol. The number of carbonyl (C=O) groups is 1. The van der Waals surface area contributed by atoms with Crippen LogP contribution in [0.1, 0.15) is 76.3 Å². The van der Waals surface area contributed by atoms with Gasteiger partial charge in [0.1, 0.15) is 11.6 Å². The number of benzene rings is 1. The van der Waals surface area contributed by atoms with Crippen molar-refractivity contribution in [3.63, 3.8) is 0 Å². The van der Waals surface area contributed by atoms with Crippen LogP contribution in [0.5, 0.6) is 5.75 Å². The summed E-state index contributed by atoms with van der Waals surface area (Å²) in [6.07, 6.45) is 3.18. The zero-order valence-electron chi connectivity index (χ0n) is 16.8. The van der Waals surface area contributed by atoms with Crippen LogP contribution in [0, 0.1) is 5.41 Å². The molecule has 1 aromatic carbocycles. The van der Waals surface area contributed by atoms with Crippen LogP contribution in [0.3, 0.4) is 0 Å². The van der Waals surface area contributed by atoms with Crippen LogP contribution in [0.25, 0.3) is 0 Å². The molecule has 0 aliphatic carbocycles. The van der Waals surface area contributed by atoms with Crippen molar-refractivity contribution in [2.45, 2.75) is 71.5 Å². The summed E-state index contributed by atoms with van der Waals surface area (Å²) in [5.41, 5.74) is 3.32. The molecule has 1 unspecified atom stereocenters. The number of hydrogen-bond acceptors (Lipinski definition) is 4. The van der Waals surface area contributed by atoms with Crippen LogP contribution in [0.4, 0.5) is 5.69 Å². The molecule has 2 fully saturated rings. The van der Waals surface area contributed by atoms with Crippen molar-refractivity contribution >= 4 is 17.4 Å². The van der Waals surface area contributed by atoms with Crippen LogP contribution < -0.4 is 9.64 Å². The highest BCUT2D eigenvalue weighted by atomic mass is 16.7. The third kappa shape index (κ3) is 3.93. The van der Waals surface area contributed by atoms with E-state index in [1.54, 1.807) is 0 Å². The number of amides is 1. The topological polar surface area (TPSA) is 62.6 Å². The van der Waals surface area contributed by atoms with E-state index in [1.807, 2.05) is 12.1 Å². The first-order valence-corrected chi connectivity index (χ1v) is 9.85. The lowest BCUT2D eigenvalue weighted by Gasteiger charge is -2.29. The monoisotopic (exact) mass is 370 g/mol. The lowest BCUT2D eigenvalue weighted by molar-refractivity contribution is -0.113. The fraction of sp³-hybridized carbons (Fsp3) is 0.545. The van der Waals surface area contributed by atoms with Crippen molar-refractivity contribution in [1.82, 2.24) is 0 Å². The van der Waals surface area contributed by atoms with Crippen molar-refractivity contribution in [3.8, 4) is 5.75 Å². The number of ether oxygens (including phenoxy) is 2. The largest absolute Gasteiger partial charge is 0.465 e. The van der Waals surface area contributed by atoms with E-state index in [2.05, 4.69) is 34.3 Å². The summed E-state index contributed by atoms with van der Waals surface area (Å²) in [6, 6.07) is 4.01. The third-order valence-electron chi connectivity index (χ3n) is 5.17. The van der Waals surface area contributed by atoms with Crippen molar-refractivity contribution in [3.05, 3.63) is 35.4 Å². The summed E-state index contributed by atoms with van der Waals surface area (Å²) in [7, 11) is 0. The van der Waals surface area contributed by atoms with E-state index in [0.717, 1.165) is 48.4 Å². The zero-order valence-corrected chi connectivity index (χ0v) is 16.8. The molecule has 1 N–H and O–H groups in total. The second kappa shape index (κ2) is 7.85. The van der Waals surface area contributed by atoms with Crippen LogP contribution in [0.15, 0.2) is 24.3 Å². The smallest absolute Gasteiger partial charge is 0.259 e. The van der Waals surface area contributed by atoms with E-state index < -0.39 is 0 Å². The summed E-state index contributed by atoms with van der Waals surface area (Å²) in [6.45, 7) is 13.0. The number of nitrogens with one attached hydrogen (secondary N) is 1. The molecule has 0 spiro atoms. The van der Waals surface area contributed by atoms with Gasteiger partial charge in [0.05, 0.1) is 12.3 Å². The van der Waals surface area contributed by atoms with Gasteiger partial charge < -0.3 is 9.47 Å². The van der Waals surface area contributed by atoms with Crippen LogP contribution in [-0.2, 0) is 9.53 Å². The standard InChI is InChI=1S/C22H30N2O3/c1-13(2)17-11-16(27-20-8-6-7-9-26-20)12-18(14(3)4)21(17)24-19(23)10-15(5)22(24)25/h11-14,20,23H,5-10H2,1-4H3. The average Bonchev–Trinajstić information content (AvgIpc) is 2.87.